The van der Waals surface area contributed by atoms with Gasteiger partial charge < -0.3 is 20.1 Å². The molecule has 2 heterocycles. The van der Waals surface area contributed by atoms with E-state index in [1.807, 2.05) is 6.92 Å². The topological polar surface area (TPSA) is 100 Å². The van der Waals surface area contributed by atoms with Crippen molar-refractivity contribution < 1.29 is 19.0 Å². The average molecular weight is 439 g/mol. The fraction of sp³-hybridized carbons (Fsp3) is 0.458. The first kappa shape index (κ1) is 20.9. The number of ether oxygens (including phenoxy) is 1. The molecule has 0 radical (unpaired) electrons. The number of aromatic amines is 1. The second-order valence-electron chi connectivity index (χ2n) is 8.96. The Hall–Kier alpha value is -3.00. The molecule has 7 nitrogen and oxygen atoms in total. The quantitative estimate of drug-likeness (QED) is 0.542. The lowest BCUT2D eigenvalue weighted by atomic mass is 9.93. The van der Waals surface area contributed by atoms with E-state index in [0.717, 1.165) is 32.1 Å². The number of benzene rings is 1. The number of carbonyl (C=O) groups is 1. The number of carbonyl (C=O) groups excluding carboxylic acids is 1. The Kier molecular flexibility index (Phi) is 5.55. The van der Waals surface area contributed by atoms with Gasteiger partial charge in [-0.15, -0.1) is 0 Å². The zero-order valence-corrected chi connectivity index (χ0v) is 18.0. The second kappa shape index (κ2) is 8.50. The number of H-pyrrole nitrogens is 1. The Bertz CT molecular complexity index is 1160. The second-order valence-corrected chi connectivity index (χ2v) is 8.96. The molecule has 0 spiro atoms. The van der Waals surface area contributed by atoms with Crippen LogP contribution in [0, 0.1) is 18.7 Å². The standard InChI is InChI=1S/C24H27FN4O3/c1-13-20(24(31)29-16-3-2-4-17(30)10-16)22-23(28-13)21(26-12-27-22)18-9-15(25)7-8-19(18)32-11-14-5-6-14/h7-9,12,14,16-17,28,30H,2-6,10-11H2,1H3,(H,29,31)/t16-,17+/m1/s1. The highest BCUT2D eigenvalue weighted by molar-refractivity contribution is 6.09. The van der Waals surface area contributed by atoms with Crippen LogP contribution < -0.4 is 10.1 Å². The van der Waals surface area contributed by atoms with Gasteiger partial charge >= 0.3 is 0 Å². The Morgan fingerprint density at radius 2 is 2.12 bits per heavy atom. The van der Waals surface area contributed by atoms with Crippen LogP contribution in [0.4, 0.5) is 4.39 Å². The van der Waals surface area contributed by atoms with Gasteiger partial charge in [0.2, 0.25) is 0 Å². The van der Waals surface area contributed by atoms with Gasteiger partial charge in [0, 0.05) is 17.3 Å². The summed E-state index contributed by atoms with van der Waals surface area (Å²) in [6.45, 7) is 2.41. The maximum absolute atomic E-state index is 14.2. The molecule has 0 bridgehead atoms. The fourth-order valence-corrected chi connectivity index (χ4v) is 4.46. The molecule has 168 valence electrons. The summed E-state index contributed by atoms with van der Waals surface area (Å²) in [6, 6.07) is 4.34. The molecule has 2 aliphatic rings. The third kappa shape index (κ3) is 4.19. The molecule has 2 aliphatic carbocycles. The Morgan fingerprint density at radius 3 is 2.91 bits per heavy atom. The summed E-state index contributed by atoms with van der Waals surface area (Å²) in [5, 5.41) is 13.0. The van der Waals surface area contributed by atoms with Gasteiger partial charge in [-0.05, 0) is 69.6 Å². The normalized spacial score (nSPS) is 21.0. The number of aromatic nitrogens is 3. The molecule has 0 saturated heterocycles. The molecule has 32 heavy (non-hydrogen) atoms. The smallest absolute Gasteiger partial charge is 0.255 e. The van der Waals surface area contributed by atoms with Crippen molar-refractivity contribution in [3.63, 3.8) is 0 Å². The van der Waals surface area contributed by atoms with Gasteiger partial charge in [0.1, 0.15) is 29.1 Å². The zero-order valence-electron chi connectivity index (χ0n) is 18.0. The molecule has 5 rings (SSSR count). The minimum Gasteiger partial charge on any atom is -0.493 e. The van der Waals surface area contributed by atoms with Crippen LogP contribution >= 0.6 is 0 Å². The van der Waals surface area contributed by atoms with E-state index in [2.05, 4.69) is 20.3 Å². The first-order valence-electron chi connectivity index (χ1n) is 11.2. The van der Waals surface area contributed by atoms with Crippen LogP contribution in [0.25, 0.3) is 22.3 Å². The first-order valence-corrected chi connectivity index (χ1v) is 11.2. The zero-order chi connectivity index (χ0) is 22.2. The van der Waals surface area contributed by atoms with Gasteiger partial charge in [-0.1, -0.05) is 0 Å². The molecule has 2 fully saturated rings. The van der Waals surface area contributed by atoms with Gasteiger partial charge in [-0.2, -0.15) is 0 Å². The van der Waals surface area contributed by atoms with Crippen molar-refractivity contribution in [2.45, 2.75) is 57.6 Å². The lowest BCUT2D eigenvalue weighted by molar-refractivity contribution is 0.0850. The number of aliphatic hydroxyl groups excluding tert-OH is 1. The number of aryl methyl sites for hydroxylation is 1. The lowest BCUT2D eigenvalue weighted by Gasteiger charge is -2.26. The number of nitrogens with zero attached hydrogens (tertiary/aromatic N) is 2. The van der Waals surface area contributed by atoms with Gasteiger partial charge in [0.15, 0.2) is 0 Å². The SMILES string of the molecule is Cc1[nH]c2c(-c3cc(F)ccc3OCC3CC3)ncnc2c1C(=O)N[C@@H]1CCC[C@H](O)C1. The Balaban J connectivity index is 1.50. The predicted molar refractivity (Wildman–Crippen MR) is 118 cm³/mol. The van der Waals surface area contributed by atoms with Crippen LogP contribution in [-0.4, -0.2) is 44.7 Å². The number of rotatable bonds is 6. The highest BCUT2D eigenvalue weighted by Crippen LogP contribution is 2.36. The summed E-state index contributed by atoms with van der Waals surface area (Å²) in [6.07, 6.45) is 6.37. The maximum Gasteiger partial charge on any atom is 0.255 e. The van der Waals surface area contributed by atoms with Gasteiger partial charge in [0.05, 0.1) is 23.8 Å². The van der Waals surface area contributed by atoms with E-state index in [9.17, 15) is 14.3 Å². The van der Waals surface area contributed by atoms with Crippen molar-refractivity contribution in [3.05, 3.63) is 41.6 Å². The number of hydrogen-bond donors (Lipinski definition) is 3. The number of halogens is 1. The van der Waals surface area contributed by atoms with Gasteiger partial charge in [0.25, 0.3) is 5.91 Å². The van der Waals surface area contributed by atoms with Crippen molar-refractivity contribution in [2.24, 2.45) is 5.92 Å². The van der Waals surface area contributed by atoms with Crippen LogP contribution in [0.2, 0.25) is 0 Å². The molecule has 8 heteroatoms. The molecule has 2 atom stereocenters. The van der Waals surface area contributed by atoms with Crippen molar-refractivity contribution in [3.8, 4) is 17.0 Å². The van der Waals surface area contributed by atoms with Crippen LogP contribution in [0.15, 0.2) is 24.5 Å². The minimum absolute atomic E-state index is 0.0671. The molecular weight excluding hydrogens is 411 g/mol. The highest BCUT2D eigenvalue weighted by Gasteiger charge is 2.27. The molecule has 3 aromatic rings. The van der Waals surface area contributed by atoms with E-state index in [-0.39, 0.29) is 23.9 Å². The van der Waals surface area contributed by atoms with E-state index >= 15 is 0 Å². The largest absolute Gasteiger partial charge is 0.493 e. The summed E-state index contributed by atoms with van der Waals surface area (Å²) < 4.78 is 20.1. The van der Waals surface area contributed by atoms with Crippen LogP contribution in [0.5, 0.6) is 5.75 Å². The molecule has 2 aromatic heterocycles. The summed E-state index contributed by atoms with van der Waals surface area (Å²) in [5.74, 6) is 0.497. The highest BCUT2D eigenvalue weighted by atomic mass is 19.1. The van der Waals surface area contributed by atoms with Crippen molar-refractivity contribution >= 4 is 16.9 Å². The monoisotopic (exact) mass is 438 g/mol. The fourth-order valence-electron chi connectivity index (χ4n) is 4.46. The molecule has 3 N–H and O–H groups in total. The van der Waals surface area contributed by atoms with E-state index in [4.69, 9.17) is 4.74 Å². The lowest BCUT2D eigenvalue weighted by Crippen LogP contribution is -2.39. The Morgan fingerprint density at radius 1 is 1.28 bits per heavy atom. The first-order chi connectivity index (χ1) is 15.5. The van der Waals surface area contributed by atoms with Crippen molar-refractivity contribution in [2.75, 3.05) is 6.61 Å². The average Bonchev–Trinajstić information content (AvgIpc) is 3.52. The van der Waals surface area contributed by atoms with E-state index < -0.39 is 0 Å². The summed E-state index contributed by atoms with van der Waals surface area (Å²) >= 11 is 0. The molecule has 0 aliphatic heterocycles. The van der Waals surface area contributed by atoms with E-state index in [1.165, 1.54) is 18.5 Å². The number of hydrogen-bond acceptors (Lipinski definition) is 5. The third-order valence-electron chi connectivity index (χ3n) is 6.35. The van der Waals surface area contributed by atoms with Gasteiger partial charge in [-0.25, -0.2) is 14.4 Å². The maximum atomic E-state index is 14.2. The summed E-state index contributed by atoms with van der Waals surface area (Å²) in [7, 11) is 0. The number of fused-ring (bicyclic) bond motifs is 1. The Labute approximate surface area is 185 Å². The predicted octanol–water partition coefficient (Wildman–Crippen LogP) is 3.89. The van der Waals surface area contributed by atoms with E-state index in [0.29, 0.717) is 58.2 Å². The summed E-state index contributed by atoms with van der Waals surface area (Å²) in [4.78, 5) is 25.1. The molecular formula is C24H27FN4O3. The van der Waals surface area contributed by atoms with Crippen LogP contribution in [0.3, 0.4) is 0 Å². The van der Waals surface area contributed by atoms with Gasteiger partial charge in [-0.3, -0.25) is 4.79 Å². The van der Waals surface area contributed by atoms with Crippen molar-refractivity contribution in [1.82, 2.24) is 20.3 Å². The molecule has 2 saturated carbocycles. The number of amides is 1. The molecule has 0 unspecified atom stereocenters. The van der Waals surface area contributed by atoms with Crippen molar-refractivity contribution in [1.29, 1.82) is 0 Å². The third-order valence-corrected chi connectivity index (χ3v) is 6.35. The van der Waals surface area contributed by atoms with Crippen LogP contribution in [0.1, 0.15) is 54.6 Å². The minimum atomic E-state index is -0.386. The molecule has 1 aromatic carbocycles. The van der Waals surface area contributed by atoms with Crippen LogP contribution in [-0.2, 0) is 0 Å². The number of aliphatic hydroxyl groups is 1. The molecule has 1 amide bonds. The summed E-state index contributed by atoms with van der Waals surface area (Å²) in [5.41, 5.74) is 3.18. The van der Waals surface area contributed by atoms with E-state index in [1.54, 1.807) is 6.07 Å². The number of nitrogens with one attached hydrogen (secondary N) is 2.